The maximum atomic E-state index is 14.0. The average molecular weight is 352 g/mol. The molecule has 0 amide bonds. The van der Waals surface area contributed by atoms with E-state index in [0.717, 1.165) is 21.3 Å². The van der Waals surface area contributed by atoms with Crippen LogP contribution in [0.1, 0.15) is 22.7 Å². The summed E-state index contributed by atoms with van der Waals surface area (Å²) < 4.78 is 20.2. The molecule has 0 saturated carbocycles. The van der Waals surface area contributed by atoms with Gasteiger partial charge in [0, 0.05) is 16.1 Å². The third-order valence-electron chi connectivity index (χ3n) is 3.55. The normalized spacial score (nSPS) is 12.2. The molecular formula is C17H19BrFNO. The fourth-order valence-electron chi connectivity index (χ4n) is 2.38. The zero-order valence-corrected chi connectivity index (χ0v) is 14.0. The molecule has 4 heteroatoms. The van der Waals surface area contributed by atoms with Crippen LogP contribution >= 0.6 is 15.9 Å². The van der Waals surface area contributed by atoms with Gasteiger partial charge in [0.05, 0.1) is 7.11 Å². The Bertz CT molecular complexity index is 630. The van der Waals surface area contributed by atoms with Crippen LogP contribution in [0.5, 0.6) is 5.75 Å². The van der Waals surface area contributed by atoms with Crippen molar-refractivity contribution in [2.75, 3.05) is 14.2 Å². The Morgan fingerprint density at radius 1 is 1.24 bits per heavy atom. The van der Waals surface area contributed by atoms with Crippen molar-refractivity contribution >= 4 is 15.9 Å². The van der Waals surface area contributed by atoms with Crippen LogP contribution in [0.2, 0.25) is 0 Å². The minimum Gasteiger partial charge on any atom is -0.496 e. The minimum atomic E-state index is -0.198. The maximum Gasteiger partial charge on any atom is 0.127 e. The number of ether oxygens (including phenoxy) is 1. The topological polar surface area (TPSA) is 21.3 Å². The summed E-state index contributed by atoms with van der Waals surface area (Å²) in [6.07, 6.45) is 0.565. The molecule has 0 aliphatic carbocycles. The molecule has 0 bridgehead atoms. The van der Waals surface area contributed by atoms with Crippen molar-refractivity contribution in [3.8, 4) is 5.75 Å². The molecule has 0 saturated heterocycles. The zero-order chi connectivity index (χ0) is 15.4. The summed E-state index contributed by atoms with van der Waals surface area (Å²) in [7, 11) is 3.53. The first-order valence-electron chi connectivity index (χ1n) is 6.81. The lowest BCUT2D eigenvalue weighted by Gasteiger charge is -2.20. The molecule has 0 fully saturated rings. The van der Waals surface area contributed by atoms with Gasteiger partial charge in [-0.1, -0.05) is 34.1 Å². The van der Waals surface area contributed by atoms with Crippen LogP contribution in [0.4, 0.5) is 4.39 Å². The molecule has 0 aliphatic rings. The van der Waals surface area contributed by atoms with Crippen molar-refractivity contribution in [1.29, 1.82) is 0 Å². The fraction of sp³-hybridized carbons (Fsp3) is 0.294. The van der Waals surface area contributed by atoms with Gasteiger partial charge in [-0.25, -0.2) is 4.39 Å². The second-order valence-electron chi connectivity index (χ2n) is 5.03. The predicted octanol–water partition coefficient (Wildman–Crippen LogP) is 4.41. The van der Waals surface area contributed by atoms with Crippen LogP contribution in [0.15, 0.2) is 40.9 Å². The molecule has 1 unspecified atom stereocenters. The Hall–Kier alpha value is -1.39. The monoisotopic (exact) mass is 351 g/mol. The van der Waals surface area contributed by atoms with Crippen LogP contribution in [0, 0.1) is 12.7 Å². The van der Waals surface area contributed by atoms with E-state index in [9.17, 15) is 4.39 Å². The Labute approximate surface area is 133 Å². The van der Waals surface area contributed by atoms with E-state index in [1.165, 1.54) is 6.07 Å². The molecule has 2 aromatic carbocycles. The Kier molecular flexibility index (Phi) is 5.37. The van der Waals surface area contributed by atoms with Crippen molar-refractivity contribution in [1.82, 2.24) is 5.32 Å². The highest BCUT2D eigenvalue weighted by molar-refractivity contribution is 9.10. The summed E-state index contributed by atoms with van der Waals surface area (Å²) in [6, 6.07) is 11.2. The second kappa shape index (κ2) is 7.05. The number of likely N-dealkylation sites (N-methyl/N-ethyl adjacent to an activating group) is 1. The number of aryl methyl sites for hydroxylation is 1. The van der Waals surface area contributed by atoms with Crippen molar-refractivity contribution in [2.45, 2.75) is 19.4 Å². The Balaban J connectivity index is 2.32. The molecule has 112 valence electrons. The number of nitrogens with one attached hydrogen (secondary N) is 1. The van der Waals surface area contributed by atoms with Gasteiger partial charge in [-0.05, 0) is 49.7 Å². The van der Waals surface area contributed by atoms with Gasteiger partial charge < -0.3 is 10.1 Å². The minimum absolute atomic E-state index is 0.00349. The van der Waals surface area contributed by atoms with E-state index < -0.39 is 0 Å². The summed E-state index contributed by atoms with van der Waals surface area (Å²) in [5.41, 5.74) is 2.85. The lowest BCUT2D eigenvalue weighted by Crippen LogP contribution is -2.20. The number of halogens is 2. The van der Waals surface area contributed by atoms with Crippen LogP contribution in [-0.2, 0) is 6.42 Å². The smallest absolute Gasteiger partial charge is 0.127 e. The predicted molar refractivity (Wildman–Crippen MR) is 87.3 cm³/mol. The SMILES string of the molecule is CNC(Cc1ccc(Br)cc1F)c1ccc(C)cc1OC. The molecule has 0 aliphatic heterocycles. The van der Waals surface area contributed by atoms with Crippen LogP contribution in [0.25, 0.3) is 0 Å². The number of hydrogen-bond donors (Lipinski definition) is 1. The molecule has 0 radical (unpaired) electrons. The van der Waals surface area contributed by atoms with Crippen molar-refractivity contribution in [3.05, 3.63) is 63.4 Å². The first-order valence-corrected chi connectivity index (χ1v) is 7.60. The van der Waals surface area contributed by atoms with E-state index >= 15 is 0 Å². The van der Waals surface area contributed by atoms with E-state index in [-0.39, 0.29) is 11.9 Å². The van der Waals surface area contributed by atoms with E-state index in [1.807, 2.05) is 44.3 Å². The Morgan fingerprint density at radius 2 is 2.00 bits per heavy atom. The summed E-state index contributed by atoms with van der Waals surface area (Å²) in [6.45, 7) is 2.02. The quantitative estimate of drug-likeness (QED) is 0.861. The third kappa shape index (κ3) is 3.83. The van der Waals surface area contributed by atoms with E-state index in [0.29, 0.717) is 12.0 Å². The molecule has 1 atom stereocenters. The van der Waals surface area contributed by atoms with Gasteiger partial charge in [0.1, 0.15) is 11.6 Å². The number of methoxy groups -OCH3 is 1. The van der Waals surface area contributed by atoms with Gasteiger partial charge in [-0.2, -0.15) is 0 Å². The molecule has 2 aromatic rings. The number of rotatable bonds is 5. The fourth-order valence-corrected chi connectivity index (χ4v) is 2.71. The summed E-state index contributed by atoms with van der Waals surface area (Å²) in [5, 5.41) is 3.24. The number of hydrogen-bond acceptors (Lipinski definition) is 2. The zero-order valence-electron chi connectivity index (χ0n) is 12.4. The van der Waals surface area contributed by atoms with Gasteiger partial charge in [0.25, 0.3) is 0 Å². The van der Waals surface area contributed by atoms with Crippen molar-refractivity contribution < 1.29 is 9.13 Å². The van der Waals surface area contributed by atoms with Crippen molar-refractivity contribution in [3.63, 3.8) is 0 Å². The highest BCUT2D eigenvalue weighted by Crippen LogP contribution is 2.29. The molecule has 0 heterocycles. The molecule has 0 aromatic heterocycles. The molecular weight excluding hydrogens is 333 g/mol. The lowest BCUT2D eigenvalue weighted by atomic mass is 9.97. The molecule has 0 spiro atoms. The van der Waals surface area contributed by atoms with E-state index in [2.05, 4.69) is 21.2 Å². The molecule has 1 N–H and O–H groups in total. The van der Waals surface area contributed by atoms with Gasteiger partial charge in [-0.15, -0.1) is 0 Å². The molecule has 2 rings (SSSR count). The van der Waals surface area contributed by atoms with Gasteiger partial charge in [0.15, 0.2) is 0 Å². The van der Waals surface area contributed by atoms with E-state index in [4.69, 9.17) is 4.74 Å². The highest BCUT2D eigenvalue weighted by atomic mass is 79.9. The average Bonchev–Trinajstić information content (AvgIpc) is 2.47. The van der Waals surface area contributed by atoms with Crippen LogP contribution in [0.3, 0.4) is 0 Å². The van der Waals surface area contributed by atoms with E-state index in [1.54, 1.807) is 7.11 Å². The van der Waals surface area contributed by atoms with Gasteiger partial charge >= 0.3 is 0 Å². The largest absolute Gasteiger partial charge is 0.496 e. The first kappa shape index (κ1) is 16.0. The van der Waals surface area contributed by atoms with Crippen molar-refractivity contribution in [2.24, 2.45) is 0 Å². The second-order valence-corrected chi connectivity index (χ2v) is 5.94. The standard InChI is InChI=1S/C17H19BrFNO/c1-11-4-7-14(17(8-11)21-3)16(20-2)9-12-5-6-13(18)10-15(12)19/h4-8,10,16,20H,9H2,1-3H3. The van der Waals surface area contributed by atoms with Gasteiger partial charge in [0.2, 0.25) is 0 Å². The van der Waals surface area contributed by atoms with Gasteiger partial charge in [-0.3, -0.25) is 0 Å². The summed E-state index contributed by atoms with van der Waals surface area (Å²) in [5.74, 6) is 0.627. The summed E-state index contributed by atoms with van der Waals surface area (Å²) >= 11 is 3.28. The highest BCUT2D eigenvalue weighted by Gasteiger charge is 2.17. The Morgan fingerprint density at radius 3 is 2.62 bits per heavy atom. The van der Waals surface area contributed by atoms with Crippen LogP contribution in [-0.4, -0.2) is 14.2 Å². The molecule has 2 nitrogen and oxygen atoms in total. The number of benzene rings is 2. The third-order valence-corrected chi connectivity index (χ3v) is 4.05. The molecule has 21 heavy (non-hydrogen) atoms. The maximum absolute atomic E-state index is 14.0. The van der Waals surface area contributed by atoms with Crippen LogP contribution < -0.4 is 10.1 Å². The first-order chi connectivity index (χ1) is 10.0. The summed E-state index contributed by atoms with van der Waals surface area (Å²) in [4.78, 5) is 0. The lowest BCUT2D eigenvalue weighted by molar-refractivity contribution is 0.400.